The molecule has 0 saturated heterocycles. The number of nitrogens with one attached hydrogen (secondary N) is 1. The second kappa shape index (κ2) is 8.47. The Balaban J connectivity index is 1.55. The zero-order valence-corrected chi connectivity index (χ0v) is 19.4. The van der Waals surface area contributed by atoms with E-state index in [-0.39, 0.29) is 11.5 Å². The summed E-state index contributed by atoms with van der Waals surface area (Å²) in [5.74, 6) is 0.378. The van der Waals surface area contributed by atoms with E-state index in [0.29, 0.717) is 23.7 Å². The number of pyridine rings is 1. The van der Waals surface area contributed by atoms with Gasteiger partial charge in [-0.3, -0.25) is 9.67 Å². The fraction of sp³-hybridized carbons (Fsp3) is 0.167. The highest BCUT2D eigenvalue weighted by Crippen LogP contribution is 2.32. The Morgan fingerprint density at radius 3 is 2.56 bits per heavy atom. The van der Waals surface area contributed by atoms with Gasteiger partial charge in [-0.2, -0.15) is 5.10 Å². The van der Waals surface area contributed by atoms with Crippen LogP contribution < -0.4 is 5.32 Å². The molecule has 0 fully saturated rings. The van der Waals surface area contributed by atoms with Crippen molar-refractivity contribution >= 4 is 43.3 Å². The summed E-state index contributed by atoms with van der Waals surface area (Å²) in [7, 11) is -3.26. The predicted octanol–water partition coefficient (Wildman–Crippen LogP) is 3.49. The number of sulfone groups is 1. The van der Waals surface area contributed by atoms with Crippen LogP contribution in [0.5, 0.6) is 0 Å². The van der Waals surface area contributed by atoms with Crippen molar-refractivity contribution in [1.82, 2.24) is 24.7 Å². The summed E-state index contributed by atoms with van der Waals surface area (Å²) in [5.41, 5.74) is 4.99. The quantitative estimate of drug-likeness (QED) is 0.383. The van der Waals surface area contributed by atoms with Crippen LogP contribution in [0.15, 0.2) is 66.0 Å². The normalized spacial score (nSPS) is 11.9. The fourth-order valence-electron chi connectivity index (χ4n) is 3.95. The van der Waals surface area contributed by atoms with E-state index < -0.39 is 9.84 Å². The van der Waals surface area contributed by atoms with Crippen molar-refractivity contribution < 1.29 is 13.5 Å². The molecule has 0 amide bonds. The highest BCUT2D eigenvalue weighted by Gasteiger charge is 2.15. The van der Waals surface area contributed by atoms with Crippen molar-refractivity contribution in [3.8, 4) is 11.3 Å². The van der Waals surface area contributed by atoms with Gasteiger partial charge in [-0.1, -0.05) is 6.07 Å². The van der Waals surface area contributed by atoms with Crippen LogP contribution in [0.4, 0.5) is 11.6 Å². The van der Waals surface area contributed by atoms with Crippen molar-refractivity contribution in [3.63, 3.8) is 0 Å². The molecule has 3 aromatic heterocycles. The summed E-state index contributed by atoms with van der Waals surface area (Å²) >= 11 is 0. The minimum atomic E-state index is -3.26. The largest absolute Gasteiger partial charge is 0.394 e. The molecule has 0 saturated carbocycles. The predicted molar refractivity (Wildman–Crippen MR) is 131 cm³/mol. The van der Waals surface area contributed by atoms with Crippen molar-refractivity contribution in [2.75, 3.05) is 18.2 Å². The van der Waals surface area contributed by atoms with Gasteiger partial charge in [0, 0.05) is 40.7 Å². The van der Waals surface area contributed by atoms with Crippen LogP contribution in [-0.4, -0.2) is 51.1 Å². The number of nitrogens with zero attached hydrogens (tertiary/aromatic N) is 5. The van der Waals surface area contributed by atoms with Gasteiger partial charge < -0.3 is 10.4 Å². The fourth-order valence-corrected chi connectivity index (χ4v) is 4.58. The third-order valence-corrected chi connectivity index (χ3v) is 6.83. The van der Waals surface area contributed by atoms with Gasteiger partial charge in [0.1, 0.15) is 5.52 Å². The maximum absolute atomic E-state index is 11.7. The number of benzene rings is 2. The van der Waals surface area contributed by atoms with Gasteiger partial charge in [0.2, 0.25) is 5.95 Å². The summed E-state index contributed by atoms with van der Waals surface area (Å²) in [5, 5.41) is 18.6. The van der Waals surface area contributed by atoms with Crippen LogP contribution in [0, 0.1) is 6.92 Å². The Morgan fingerprint density at radius 2 is 1.82 bits per heavy atom. The third kappa shape index (κ3) is 3.97. The second-order valence-electron chi connectivity index (χ2n) is 7.97. The monoisotopic (exact) mass is 474 g/mol. The molecule has 2 aromatic carbocycles. The Bertz CT molecular complexity index is 1630. The van der Waals surface area contributed by atoms with E-state index in [4.69, 9.17) is 4.98 Å². The van der Waals surface area contributed by atoms with E-state index in [1.54, 1.807) is 47.5 Å². The number of aromatic nitrogens is 5. The van der Waals surface area contributed by atoms with E-state index in [1.165, 1.54) is 6.26 Å². The first-order chi connectivity index (χ1) is 16.3. The lowest BCUT2D eigenvalue weighted by Gasteiger charge is -2.11. The first-order valence-electron chi connectivity index (χ1n) is 10.6. The van der Waals surface area contributed by atoms with Crippen molar-refractivity contribution in [1.29, 1.82) is 0 Å². The molecule has 0 spiro atoms. The lowest BCUT2D eigenvalue weighted by molar-refractivity contribution is 0.271. The molecule has 3 heterocycles. The number of fused-ring (bicyclic) bond motifs is 2. The Labute approximate surface area is 196 Å². The third-order valence-electron chi connectivity index (χ3n) is 5.70. The molecule has 5 aromatic rings. The zero-order chi connectivity index (χ0) is 23.9. The van der Waals surface area contributed by atoms with E-state index in [9.17, 15) is 13.5 Å². The summed E-state index contributed by atoms with van der Waals surface area (Å²) in [6.45, 7) is 2.47. The van der Waals surface area contributed by atoms with Gasteiger partial charge in [-0.15, -0.1) is 0 Å². The molecule has 0 aliphatic carbocycles. The summed E-state index contributed by atoms with van der Waals surface area (Å²) in [6.07, 6.45) is 6.44. The smallest absolute Gasteiger partial charge is 0.227 e. The number of rotatable bonds is 6. The molecule has 2 N–H and O–H groups in total. The standard InChI is InChI=1S/C24H22N6O3S/c1-15-19(7-8-21-20(15)14-27-30(21)11-12-31)23-22-16(9-10-25-23)13-26-24(29-22)28-17-3-5-18(6-4-17)34(2,32)33/h3-10,13-14,31H,11-12H2,1-2H3,(H,26,28,29). The summed E-state index contributed by atoms with van der Waals surface area (Å²) in [4.78, 5) is 14.0. The van der Waals surface area contributed by atoms with Crippen LogP contribution in [0.25, 0.3) is 33.1 Å². The summed E-state index contributed by atoms with van der Waals surface area (Å²) < 4.78 is 25.2. The average Bonchev–Trinajstić information content (AvgIpc) is 3.23. The zero-order valence-electron chi connectivity index (χ0n) is 18.6. The molecule has 5 rings (SSSR count). The SMILES string of the molecule is Cc1c(-c2nccc3cnc(Nc4ccc(S(C)(=O)=O)cc4)nc23)ccc2c1cnn2CCO. The number of aliphatic hydroxyl groups excluding tert-OH is 1. The molecule has 0 bridgehead atoms. The topological polar surface area (TPSA) is 123 Å². The minimum absolute atomic E-state index is 0.0200. The van der Waals surface area contributed by atoms with Crippen LogP contribution in [0.2, 0.25) is 0 Å². The van der Waals surface area contributed by atoms with Gasteiger partial charge in [0.05, 0.1) is 35.5 Å². The molecule has 0 unspecified atom stereocenters. The molecule has 0 aliphatic rings. The maximum Gasteiger partial charge on any atom is 0.227 e. The highest BCUT2D eigenvalue weighted by molar-refractivity contribution is 7.90. The number of hydrogen-bond donors (Lipinski definition) is 2. The molecule has 0 radical (unpaired) electrons. The Hall–Kier alpha value is -3.89. The average molecular weight is 475 g/mol. The van der Waals surface area contributed by atoms with E-state index in [1.807, 2.05) is 25.1 Å². The molecule has 0 aliphatic heterocycles. The number of aliphatic hydroxyl groups is 1. The van der Waals surface area contributed by atoms with Crippen LogP contribution in [0.3, 0.4) is 0 Å². The molecule has 10 heteroatoms. The van der Waals surface area contributed by atoms with Gasteiger partial charge in [0.15, 0.2) is 9.84 Å². The number of aryl methyl sites for hydroxylation is 1. The van der Waals surface area contributed by atoms with Crippen molar-refractivity contribution in [3.05, 3.63) is 66.6 Å². The Morgan fingerprint density at radius 1 is 1.03 bits per heavy atom. The molecule has 9 nitrogen and oxygen atoms in total. The highest BCUT2D eigenvalue weighted by atomic mass is 32.2. The molecular weight excluding hydrogens is 452 g/mol. The van der Waals surface area contributed by atoms with Crippen LogP contribution in [0.1, 0.15) is 5.56 Å². The molecule has 0 atom stereocenters. The van der Waals surface area contributed by atoms with Gasteiger partial charge in [-0.25, -0.2) is 18.4 Å². The van der Waals surface area contributed by atoms with Crippen molar-refractivity contribution in [2.45, 2.75) is 18.4 Å². The first kappa shape index (κ1) is 21.9. The van der Waals surface area contributed by atoms with E-state index in [2.05, 4.69) is 20.4 Å². The number of anilines is 2. The molecule has 34 heavy (non-hydrogen) atoms. The van der Waals surface area contributed by atoms with Gasteiger partial charge >= 0.3 is 0 Å². The van der Waals surface area contributed by atoms with Gasteiger partial charge in [0.25, 0.3) is 0 Å². The Kier molecular flexibility index (Phi) is 5.46. The second-order valence-corrected chi connectivity index (χ2v) is 9.99. The first-order valence-corrected chi connectivity index (χ1v) is 12.5. The maximum atomic E-state index is 11.7. The van der Waals surface area contributed by atoms with Gasteiger partial charge in [-0.05, 0) is 48.9 Å². The van der Waals surface area contributed by atoms with E-state index >= 15 is 0 Å². The van der Waals surface area contributed by atoms with Crippen LogP contribution >= 0.6 is 0 Å². The van der Waals surface area contributed by atoms with E-state index in [0.717, 1.165) is 33.1 Å². The molecular formula is C24H22N6O3S. The van der Waals surface area contributed by atoms with Crippen LogP contribution in [-0.2, 0) is 16.4 Å². The minimum Gasteiger partial charge on any atom is -0.394 e. The van der Waals surface area contributed by atoms with Crippen molar-refractivity contribution in [2.24, 2.45) is 0 Å². The number of hydrogen-bond acceptors (Lipinski definition) is 8. The lowest BCUT2D eigenvalue weighted by Crippen LogP contribution is -2.03. The summed E-state index contributed by atoms with van der Waals surface area (Å²) in [6, 6.07) is 12.3. The lowest BCUT2D eigenvalue weighted by atomic mass is 10.00. The molecule has 172 valence electrons.